The van der Waals surface area contributed by atoms with Gasteiger partial charge in [-0.1, -0.05) is 25.4 Å². The first-order valence-electron chi connectivity index (χ1n) is 6.34. The molecule has 3 nitrogen and oxygen atoms in total. The fourth-order valence-electron chi connectivity index (χ4n) is 2.30. The van der Waals surface area contributed by atoms with Gasteiger partial charge < -0.3 is 4.90 Å². The van der Waals surface area contributed by atoms with Crippen molar-refractivity contribution >= 4 is 17.4 Å². The van der Waals surface area contributed by atoms with Gasteiger partial charge in [-0.2, -0.15) is 0 Å². The third-order valence-corrected chi connectivity index (χ3v) is 3.29. The Morgan fingerprint density at radius 2 is 2.00 bits per heavy atom. The Morgan fingerprint density at radius 3 is 2.56 bits per heavy atom. The number of hydrogen-bond donors (Lipinski definition) is 0. The van der Waals surface area contributed by atoms with Crippen LogP contribution in [0.25, 0.3) is 0 Å². The Hall–Kier alpha value is -0.870. The Balaban J connectivity index is 1.97. The minimum absolute atomic E-state index is 0.334. The van der Waals surface area contributed by atoms with Crippen LogP contribution in [0.1, 0.15) is 13.8 Å². The van der Waals surface area contributed by atoms with Gasteiger partial charge in [0.2, 0.25) is 0 Å². The molecule has 2 heterocycles. The van der Waals surface area contributed by atoms with Gasteiger partial charge in [-0.3, -0.25) is 4.90 Å². The smallest absolute Gasteiger partial charge is 0.167 e. The van der Waals surface area contributed by atoms with Crippen molar-refractivity contribution in [3.05, 3.63) is 23.1 Å². The molecule has 18 heavy (non-hydrogen) atoms. The summed E-state index contributed by atoms with van der Waals surface area (Å²) in [5.41, 5.74) is 0. The fraction of sp³-hybridized carbons (Fsp3) is 0.615. The molecule has 1 fully saturated rings. The fourth-order valence-corrected chi connectivity index (χ4v) is 2.44. The first kappa shape index (κ1) is 13.6. The Morgan fingerprint density at radius 1 is 1.33 bits per heavy atom. The Bertz CT molecular complexity index is 403. The maximum atomic E-state index is 13.7. The second-order valence-corrected chi connectivity index (χ2v) is 5.58. The van der Waals surface area contributed by atoms with Gasteiger partial charge in [0.15, 0.2) is 11.6 Å². The summed E-state index contributed by atoms with van der Waals surface area (Å²) in [6.45, 7) is 9.09. The molecule has 1 aromatic heterocycles. The van der Waals surface area contributed by atoms with Crippen LogP contribution >= 0.6 is 11.6 Å². The van der Waals surface area contributed by atoms with Crippen LogP contribution in [0.2, 0.25) is 5.02 Å². The van der Waals surface area contributed by atoms with Gasteiger partial charge in [-0.15, -0.1) is 0 Å². The lowest BCUT2D eigenvalue weighted by molar-refractivity contribution is 0.230. The van der Waals surface area contributed by atoms with E-state index in [9.17, 15) is 4.39 Å². The van der Waals surface area contributed by atoms with Crippen LogP contribution in [-0.2, 0) is 0 Å². The van der Waals surface area contributed by atoms with Gasteiger partial charge in [0.1, 0.15) is 0 Å². The molecular weight excluding hydrogens is 253 g/mol. The van der Waals surface area contributed by atoms with Gasteiger partial charge in [0.05, 0.1) is 5.02 Å². The van der Waals surface area contributed by atoms with E-state index in [2.05, 4.69) is 23.7 Å². The highest BCUT2D eigenvalue weighted by Crippen LogP contribution is 2.20. The molecule has 100 valence electrons. The van der Waals surface area contributed by atoms with Gasteiger partial charge in [0, 0.05) is 38.9 Å². The van der Waals surface area contributed by atoms with E-state index in [0.717, 1.165) is 32.7 Å². The Kier molecular flexibility index (Phi) is 4.40. The summed E-state index contributed by atoms with van der Waals surface area (Å²) in [5, 5.41) is 0.342. The number of piperazine rings is 1. The molecule has 0 aliphatic carbocycles. The van der Waals surface area contributed by atoms with Crippen LogP contribution in [0.3, 0.4) is 0 Å². The molecule has 1 aliphatic rings. The number of rotatable bonds is 3. The lowest BCUT2D eigenvalue weighted by atomic mass is 10.2. The van der Waals surface area contributed by atoms with Crippen molar-refractivity contribution in [2.45, 2.75) is 13.8 Å². The van der Waals surface area contributed by atoms with E-state index in [1.165, 1.54) is 12.3 Å². The lowest BCUT2D eigenvalue weighted by Crippen LogP contribution is -2.48. The molecule has 0 radical (unpaired) electrons. The maximum absolute atomic E-state index is 13.7. The molecule has 0 aromatic carbocycles. The molecule has 1 saturated heterocycles. The van der Waals surface area contributed by atoms with Crippen LogP contribution < -0.4 is 4.90 Å². The lowest BCUT2D eigenvalue weighted by Gasteiger charge is -2.36. The molecule has 0 N–H and O–H groups in total. The highest BCUT2D eigenvalue weighted by atomic mass is 35.5. The van der Waals surface area contributed by atoms with Crippen LogP contribution in [0.15, 0.2) is 12.3 Å². The number of anilines is 1. The summed E-state index contributed by atoms with van der Waals surface area (Å²) in [6, 6.07) is 1.32. The minimum Gasteiger partial charge on any atom is -0.352 e. The van der Waals surface area contributed by atoms with E-state index in [0.29, 0.717) is 16.8 Å². The molecule has 0 spiro atoms. The molecule has 0 unspecified atom stereocenters. The normalized spacial score (nSPS) is 17.5. The zero-order chi connectivity index (χ0) is 13.1. The van der Waals surface area contributed by atoms with Crippen molar-refractivity contribution in [3.63, 3.8) is 0 Å². The summed E-state index contributed by atoms with van der Waals surface area (Å²) in [7, 11) is 0. The highest BCUT2D eigenvalue weighted by molar-refractivity contribution is 6.30. The number of aromatic nitrogens is 1. The van der Waals surface area contributed by atoms with Gasteiger partial charge >= 0.3 is 0 Å². The zero-order valence-corrected chi connectivity index (χ0v) is 11.6. The SMILES string of the molecule is CC(C)CN1CCN(c2ncc(Cl)cc2F)CC1. The van der Waals surface area contributed by atoms with E-state index in [-0.39, 0.29) is 5.82 Å². The third kappa shape index (κ3) is 3.33. The van der Waals surface area contributed by atoms with Crippen molar-refractivity contribution in [2.24, 2.45) is 5.92 Å². The second kappa shape index (κ2) is 5.85. The minimum atomic E-state index is -0.334. The van der Waals surface area contributed by atoms with Crippen LogP contribution in [0.5, 0.6) is 0 Å². The van der Waals surface area contributed by atoms with Gasteiger partial charge in [0.25, 0.3) is 0 Å². The van der Waals surface area contributed by atoms with E-state index in [4.69, 9.17) is 11.6 Å². The third-order valence-electron chi connectivity index (χ3n) is 3.08. The first-order valence-corrected chi connectivity index (χ1v) is 6.72. The summed E-state index contributed by atoms with van der Waals surface area (Å²) >= 11 is 5.71. The largest absolute Gasteiger partial charge is 0.352 e. The van der Waals surface area contributed by atoms with Crippen molar-refractivity contribution in [3.8, 4) is 0 Å². The standard InChI is InChI=1S/C13H19ClFN3/c1-10(2)9-17-3-5-18(6-4-17)13-12(15)7-11(14)8-16-13/h7-8,10H,3-6,9H2,1-2H3. The quantitative estimate of drug-likeness (QED) is 0.843. The maximum Gasteiger partial charge on any atom is 0.167 e. The topological polar surface area (TPSA) is 19.4 Å². The number of nitrogens with zero attached hydrogens (tertiary/aromatic N) is 3. The molecule has 5 heteroatoms. The first-order chi connectivity index (χ1) is 8.56. The summed E-state index contributed by atoms with van der Waals surface area (Å²) in [5.74, 6) is 0.755. The van der Waals surface area contributed by atoms with Crippen LogP contribution in [0.4, 0.5) is 10.2 Å². The highest BCUT2D eigenvalue weighted by Gasteiger charge is 2.20. The number of hydrogen-bond acceptors (Lipinski definition) is 3. The Labute approximate surface area is 113 Å². The number of halogens is 2. The molecule has 0 amide bonds. The summed E-state index contributed by atoms with van der Waals surface area (Å²) < 4.78 is 13.7. The predicted octanol–water partition coefficient (Wildman–Crippen LogP) is 2.65. The van der Waals surface area contributed by atoms with Crippen LogP contribution in [0, 0.1) is 11.7 Å². The van der Waals surface area contributed by atoms with Crippen molar-refractivity contribution in [2.75, 3.05) is 37.6 Å². The zero-order valence-electron chi connectivity index (χ0n) is 10.9. The number of pyridine rings is 1. The summed E-state index contributed by atoms with van der Waals surface area (Å²) in [6.07, 6.45) is 1.50. The molecule has 1 aliphatic heterocycles. The van der Waals surface area contributed by atoms with E-state index in [1.807, 2.05) is 4.90 Å². The van der Waals surface area contributed by atoms with E-state index >= 15 is 0 Å². The van der Waals surface area contributed by atoms with E-state index in [1.54, 1.807) is 0 Å². The molecule has 2 rings (SSSR count). The predicted molar refractivity (Wildman–Crippen MR) is 72.7 cm³/mol. The molecule has 1 aromatic rings. The van der Waals surface area contributed by atoms with E-state index < -0.39 is 0 Å². The average molecular weight is 272 g/mol. The molecular formula is C13H19ClFN3. The van der Waals surface area contributed by atoms with Crippen LogP contribution in [-0.4, -0.2) is 42.6 Å². The summed E-state index contributed by atoms with van der Waals surface area (Å²) in [4.78, 5) is 8.49. The van der Waals surface area contributed by atoms with Crippen molar-refractivity contribution in [1.82, 2.24) is 9.88 Å². The van der Waals surface area contributed by atoms with Gasteiger partial charge in [-0.25, -0.2) is 9.37 Å². The second-order valence-electron chi connectivity index (χ2n) is 5.14. The molecule has 0 bridgehead atoms. The van der Waals surface area contributed by atoms with Gasteiger partial charge in [-0.05, 0) is 12.0 Å². The van der Waals surface area contributed by atoms with Crippen molar-refractivity contribution < 1.29 is 4.39 Å². The van der Waals surface area contributed by atoms with Crippen molar-refractivity contribution in [1.29, 1.82) is 0 Å². The molecule has 0 atom stereocenters. The average Bonchev–Trinajstić information content (AvgIpc) is 2.30. The molecule has 0 saturated carbocycles. The monoisotopic (exact) mass is 271 g/mol.